The van der Waals surface area contributed by atoms with Crippen LogP contribution < -0.4 is 4.90 Å². The van der Waals surface area contributed by atoms with Crippen LogP contribution in [0.3, 0.4) is 0 Å². The number of aromatic carboxylic acids is 1. The van der Waals surface area contributed by atoms with Crippen LogP contribution in [0.2, 0.25) is 0 Å². The fourth-order valence-corrected chi connectivity index (χ4v) is 1.27. The molecule has 1 rings (SSSR count). The quantitative estimate of drug-likeness (QED) is 0.887. The molecule has 0 saturated heterocycles. The van der Waals surface area contributed by atoms with Crippen molar-refractivity contribution < 1.29 is 23.1 Å². The molecular formula is C10H11F3N2O2. The highest BCUT2D eigenvalue weighted by Crippen LogP contribution is 2.22. The maximum Gasteiger partial charge on any atom is 0.390 e. The van der Waals surface area contributed by atoms with E-state index in [0.717, 1.165) is 0 Å². The first-order valence-electron chi connectivity index (χ1n) is 4.77. The zero-order valence-corrected chi connectivity index (χ0v) is 9.03. The van der Waals surface area contributed by atoms with Crippen molar-refractivity contribution in [1.82, 2.24) is 4.98 Å². The average Bonchev–Trinajstić information content (AvgIpc) is 2.25. The Kier molecular flexibility index (Phi) is 3.93. The molecule has 1 aromatic heterocycles. The van der Waals surface area contributed by atoms with E-state index in [1.165, 1.54) is 30.3 Å². The Bertz CT molecular complexity index is 407. The van der Waals surface area contributed by atoms with Gasteiger partial charge in [-0.3, -0.25) is 0 Å². The SMILES string of the molecule is CN(CCC(F)(F)F)c1ncccc1C(=O)O. The maximum absolute atomic E-state index is 12.0. The number of carboxylic acid groups (broad SMARTS) is 1. The lowest BCUT2D eigenvalue weighted by molar-refractivity contribution is -0.132. The van der Waals surface area contributed by atoms with Crippen molar-refractivity contribution >= 4 is 11.8 Å². The molecule has 0 bridgehead atoms. The van der Waals surface area contributed by atoms with Crippen LogP contribution in [-0.4, -0.2) is 35.8 Å². The third-order valence-corrected chi connectivity index (χ3v) is 2.11. The largest absolute Gasteiger partial charge is 0.478 e. The topological polar surface area (TPSA) is 53.4 Å². The summed E-state index contributed by atoms with van der Waals surface area (Å²) < 4.78 is 36.1. The molecule has 0 fully saturated rings. The summed E-state index contributed by atoms with van der Waals surface area (Å²) in [4.78, 5) is 15.8. The van der Waals surface area contributed by atoms with Crippen molar-refractivity contribution in [3.05, 3.63) is 23.9 Å². The number of carbonyl (C=O) groups is 1. The van der Waals surface area contributed by atoms with Crippen LogP contribution in [0.25, 0.3) is 0 Å². The van der Waals surface area contributed by atoms with E-state index in [-0.39, 0.29) is 17.9 Å². The van der Waals surface area contributed by atoms with Gasteiger partial charge >= 0.3 is 12.1 Å². The molecule has 4 nitrogen and oxygen atoms in total. The van der Waals surface area contributed by atoms with Crippen molar-refractivity contribution in [3.8, 4) is 0 Å². The number of hydrogen-bond donors (Lipinski definition) is 1. The first-order valence-corrected chi connectivity index (χ1v) is 4.77. The first-order chi connectivity index (χ1) is 7.81. The van der Waals surface area contributed by atoms with Gasteiger partial charge in [-0.05, 0) is 12.1 Å². The number of carboxylic acids is 1. The molecular weight excluding hydrogens is 237 g/mol. The molecule has 17 heavy (non-hydrogen) atoms. The molecule has 1 aromatic rings. The Balaban J connectivity index is 2.82. The maximum atomic E-state index is 12.0. The fraction of sp³-hybridized carbons (Fsp3) is 0.400. The van der Waals surface area contributed by atoms with Gasteiger partial charge in [0.05, 0.1) is 6.42 Å². The molecule has 0 radical (unpaired) electrons. The normalized spacial score (nSPS) is 11.3. The van der Waals surface area contributed by atoms with Crippen LogP contribution in [0.5, 0.6) is 0 Å². The van der Waals surface area contributed by atoms with Gasteiger partial charge in [0.1, 0.15) is 11.4 Å². The third-order valence-electron chi connectivity index (χ3n) is 2.11. The molecule has 0 aromatic carbocycles. The number of anilines is 1. The minimum absolute atomic E-state index is 0.0317. The molecule has 0 spiro atoms. The summed E-state index contributed by atoms with van der Waals surface area (Å²) in [6.07, 6.45) is -3.95. The van der Waals surface area contributed by atoms with Gasteiger partial charge in [0.2, 0.25) is 0 Å². The van der Waals surface area contributed by atoms with Crippen molar-refractivity contribution in [1.29, 1.82) is 0 Å². The lowest BCUT2D eigenvalue weighted by Crippen LogP contribution is -2.26. The van der Waals surface area contributed by atoms with Gasteiger partial charge in [0.15, 0.2) is 0 Å². The number of nitrogens with zero attached hydrogens (tertiary/aromatic N) is 2. The number of aromatic nitrogens is 1. The first kappa shape index (κ1) is 13.3. The molecule has 7 heteroatoms. The number of halogens is 3. The smallest absolute Gasteiger partial charge is 0.390 e. The van der Waals surface area contributed by atoms with Crippen LogP contribution in [0.15, 0.2) is 18.3 Å². The van der Waals surface area contributed by atoms with Crippen LogP contribution in [0.1, 0.15) is 16.8 Å². The van der Waals surface area contributed by atoms with E-state index in [0.29, 0.717) is 0 Å². The van der Waals surface area contributed by atoms with E-state index in [1.807, 2.05) is 0 Å². The van der Waals surface area contributed by atoms with Crippen LogP contribution in [0, 0.1) is 0 Å². The van der Waals surface area contributed by atoms with Crippen LogP contribution >= 0.6 is 0 Å². The summed E-state index contributed by atoms with van der Waals surface area (Å²) in [5.74, 6) is -1.18. The molecule has 0 amide bonds. The summed E-state index contributed by atoms with van der Waals surface area (Å²) >= 11 is 0. The van der Waals surface area contributed by atoms with Crippen molar-refractivity contribution in [2.24, 2.45) is 0 Å². The standard InChI is InChI=1S/C10H11F3N2O2/c1-15(6-4-10(11,12)13)8-7(9(16)17)3-2-5-14-8/h2-3,5H,4,6H2,1H3,(H,16,17). The molecule has 0 saturated carbocycles. The average molecular weight is 248 g/mol. The number of rotatable bonds is 4. The second-order valence-electron chi connectivity index (χ2n) is 3.47. The van der Waals surface area contributed by atoms with E-state index < -0.39 is 18.6 Å². The molecule has 1 heterocycles. The summed E-state index contributed by atoms with van der Waals surface area (Å²) in [6.45, 7) is -0.333. The highest BCUT2D eigenvalue weighted by Gasteiger charge is 2.28. The van der Waals surface area contributed by atoms with Crippen LogP contribution in [0.4, 0.5) is 19.0 Å². The number of pyridine rings is 1. The van der Waals surface area contributed by atoms with E-state index in [2.05, 4.69) is 4.98 Å². The summed E-state index contributed by atoms with van der Waals surface area (Å²) in [7, 11) is 1.38. The highest BCUT2D eigenvalue weighted by molar-refractivity contribution is 5.93. The highest BCUT2D eigenvalue weighted by atomic mass is 19.4. The van der Waals surface area contributed by atoms with E-state index >= 15 is 0 Å². The minimum Gasteiger partial charge on any atom is -0.478 e. The van der Waals surface area contributed by atoms with Gasteiger partial charge in [0, 0.05) is 19.8 Å². The predicted octanol–water partition coefficient (Wildman–Crippen LogP) is 2.17. The van der Waals surface area contributed by atoms with Gasteiger partial charge in [-0.1, -0.05) is 0 Å². The van der Waals surface area contributed by atoms with Gasteiger partial charge < -0.3 is 10.0 Å². The Morgan fingerprint density at radius 3 is 2.71 bits per heavy atom. The second kappa shape index (κ2) is 5.03. The third kappa shape index (κ3) is 3.93. The minimum atomic E-state index is -4.27. The molecule has 0 aliphatic heterocycles. The zero-order valence-electron chi connectivity index (χ0n) is 9.03. The molecule has 1 N–H and O–H groups in total. The zero-order chi connectivity index (χ0) is 13.1. The lowest BCUT2D eigenvalue weighted by Gasteiger charge is -2.20. The monoisotopic (exact) mass is 248 g/mol. The van der Waals surface area contributed by atoms with Gasteiger partial charge in [-0.25, -0.2) is 9.78 Å². The predicted molar refractivity (Wildman–Crippen MR) is 55.1 cm³/mol. The second-order valence-corrected chi connectivity index (χ2v) is 3.47. The Morgan fingerprint density at radius 1 is 1.53 bits per heavy atom. The van der Waals surface area contributed by atoms with E-state index in [9.17, 15) is 18.0 Å². The molecule has 0 aliphatic rings. The lowest BCUT2D eigenvalue weighted by atomic mass is 10.2. The van der Waals surface area contributed by atoms with Gasteiger partial charge in [0.25, 0.3) is 0 Å². The summed E-state index contributed by atoms with van der Waals surface area (Å²) in [6, 6.07) is 2.72. The molecule has 0 unspecified atom stereocenters. The van der Waals surface area contributed by atoms with Crippen molar-refractivity contribution in [2.75, 3.05) is 18.5 Å². The van der Waals surface area contributed by atoms with Gasteiger partial charge in [-0.15, -0.1) is 0 Å². The van der Waals surface area contributed by atoms with Crippen molar-refractivity contribution in [2.45, 2.75) is 12.6 Å². The molecule has 0 atom stereocenters. The van der Waals surface area contributed by atoms with Crippen molar-refractivity contribution in [3.63, 3.8) is 0 Å². The fourth-order valence-electron chi connectivity index (χ4n) is 1.27. The van der Waals surface area contributed by atoms with Gasteiger partial charge in [-0.2, -0.15) is 13.2 Å². The summed E-state index contributed by atoms with van der Waals surface area (Å²) in [5, 5.41) is 8.85. The molecule has 0 aliphatic carbocycles. The Hall–Kier alpha value is -1.79. The summed E-state index contributed by atoms with van der Waals surface area (Å²) in [5.41, 5.74) is -0.114. The Morgan fingerprint density at radius 2 is 2.18 bits per heavy atom. The number of hydrogen-bond acceptors (Lipinski definition) is 3. The number of alkyl halides is 3. The molecule has 94 valence electrons. The van der Waals surface area contributed by atoms with E-state index in [4.69, 9.17) is 5.11 Å². The van der Waals surface area contributed by atoms with Crippen LogP contribution in [-0.2, 0) is 0 Å². The van der Waals surface area contributed by atoms with E-state index in [1.54, 1.807) is 0 Å². The Labute approximate surface area is 95.7 Å².